The number of hydrogen-bond acceptors (Lipinski definition) is 7. The Hall–Kier alpha value is -0.160. The molecule has 0 saturated carbocycles. The van der Waals surface area contributed by atoms with Crippen LogP contribution in [0.5, 0.6) is 0 Å². The Balaban J connectivity index is 6.39. The summed E-state index contributed by atoms with van der Waals surface area (Å²) in [6.45, 7) is 13.9. The topological polar surface area (TPSA) is 74.3 Å². The van der Waals surface area contributed by atoms with Gasteiger partial charge in [-0.2, -0.15) is 0 Å². The Labute approximate surface area is 153 Å². The molecular weight excluding hydrogens is 364 g/mol. The van der Waals surface area contributed by atoms with Crippen LogP contribution in [0.1, 0.15) is 55.4 Å². The molecule has 0 N–H and O–H groups in total. The minimum absolute atomic E-state index is 0.0881. The molecule has 0 radical (unpaired) electrons. The second kappa shape index (κ2) is 10.2. The second-order valence-corrected chi connectivity index (χ2v) is 11.2. The lowest BCUT2D eigenvalue weighted by molar-refractivity contribution is 0.137. The molecule has 0 aliphatic heterocycles. The Bertz CT molecular complexity index is 461. The maximum atomic E-state index is 13.6. The summed E-state index contributed by atoms with van der Waals surface area (Å²) in [5.74, 6) is 0. The number of hydrogen-bond donors (Lipinski definition) is 0. The second-order valence-electron chi connectivity index (χ2n) is 7.06. The molecule has 0 aromatic heterocycles. The lowest BCUT2D eigenvalue weighted by Crippen LogP contribution is -2.16. The summed E-state index contributed by atoms with van der Waals surface area (Å²) in [6, 6.07) is 0. The zero-order valence-corrected chi connectivity index (χ0v) is 19.0. The molecule has 0 bridgehead atoms. The molecule has 25 heavy (non-hydrogen) atoms. The van der Waals surface area contributed by atoms with E-state index in [1.54, 1.807) is 74.4 Å². The van der Waals surface area contributed by atoms with Crippen molar-refractivity contribution in [3.63, 3.8) is 0 Å². The SMILES string of the molecule is CC(C)OP(=O)(OC(C)C)C(=CN(C)C)P(=O)(OC(C)C)OC(C)C. The van der Waals surface area contributed by atoms with Gasteiger partial charge in [0.1, 0.15) is 0 Å². The van der Waals surface area contributed by atoms with Crippen molar-refractivity contribution in [3.8, 4) is 0 Å². The standard InChI is InChI=1S/C16H35NO6P2/c1-12(2)20-24(18,21-13(3)4)16(11-17(9)10)25(19,22-14(5)6)23-15(7)8/h11-15H,1-10H3. The van der Waals surface area contributed by atoms with Crippen molar-refractivity contribution in [2.75, 3.05) is 14.1 Å². The summed E-state index contributed by atoms with van der Waals surface area (Å²) in [7, 11) is -4.39. The molecule has 0 fully saturated rings. The summed E-state index contributed by atoms with van der Waals surface area (Å²) in [4.78, 5) is 1.62. The van der Waals surface area contributed by atoms with Gasteiger partial charge >= 0.3 is 15.2 Å². The van der Waals surface area contributed by atoms with Crippen molar-refractivity contribution in [1.29, 1.82) is 0 Å². The van der Waals surface area contributed by atoms with Gasteiger partial charge in [0.15, 0.2) is 5.06 Å². The summed E-state index contributed by atoms with van der Waals surface area (Å²) in [6.07, 6.45) is -0.149. The molecule has 0 aliphatic rings. The van der Waals surface area contributed by atoms with Gasteiger partial charge in [-0.15, -0.1) is 0 Å². The van der Waals surface area contributed by atoms with Crippen molar-refractivity contribution >= 4 is 15.2 Å². The third-order valence-corrected chi connectivity index (χ3v) is 7.95. The van der Waals surface area contributed by atoms with E-state index in [4.69, 9.17) is 18.1 Å². The third kappa shape index (κ3) is 8.85. The largest absolute Gasteiger partial charge is 0.382 e. The molecule has 0 heterocycles. The van der Waals surface area contributed by atoms with E-state index in [0.29, 0.717) is 0 Å². The molecule has 0 rings (SSSR count). The average Bonchev–Trinajstić information content (AvgIpc) is 2.30. The molecule has 0 aromatic rings. The van der Waals surface area contributed by atoms with Crippen molar-refractivity contribution in [2.24, 2.45) is 0 Å². The molecule has 0 spiro atoms. The first-order chi connectivity index (χ1) is 11.2. The predicted octanol–water partition coefficient (Wildman–Crippen LogP) is 5.43. The summed E-state index contributed by atoms with van der Waals surface area (Å²) >= 11 is 0. The monoisotopic (exact) mass is 399 g/mol. The van der Waals surface area contributed by atoms with E-state index in [1.165, 1.54) is 6.20 Å². The Morgan fingerprint density at radius 3 is 1.08 bits per heavy atom. The van der Waals surface area contributed by atoms with Crippen LogP contribution in [0.15, 0.2) is 11.3 Å². The van der Waals surface area contributed by atoms with E-state index in [1.807, 2.05) is 0 Å². The van der Waals surface area contributed by atoms with Crippen LogP contribution in [-0.4, -0.2) is 43.4 Å². The molecular formula is C16H35NO6P2. The average molecular weight is 399 g/mol. The normalized spacial score (nSPS) is 13.2. The molecule has 0 saturated heterocycles. The molecule has 0 amide bonds. The van der Waals surface area contributed by atoms with Gasteiger partial charge in [0.05, 0.1) is 24.4 Å². The Morgan fingerprint density at radius 2 is 0.920 bits per heavy atom. The van der Waals surface area contributed by atoms with Crippen molar-refractivity contribution in [1.82, 2.24) is 4.90 Å². The van der Waals surface area contributed by atoms with Crippen LogP contribution in [-0.2, 0) is 27.2 Å². The minimum atomic E-state index is -3.92. The fraction of sp³-hybridized carbons (Fsp3) is 0.875. The van der Waals surface area contributed by atoms with Crippen LogP contribution in [0.25, 0.3) is 0 Å². The zero-order valence-electron chi connectivity index (χ0n) is 17.2. The van der Waals surface area contributed by atoms with E-state index >= 15 is 0 Å². The van der Waals surface area contributed by atoms with Crippen LogP contribution in [0.2, 0.25) is 0 Å². The van der Waals surface area contributed by atoms with Crippen LogP contribution in [0.3, 0.4) is 0 Å². The van der Waals surface area contributed by atoms with E-state index in [-0.39, 0.29) is 5.06 Å². The van der Waals surface area contributed by atoms with Gasteiger partial charge in [-0.3, -0.25) is 9.13 Å². The molecule has 0 atom stereocenters. The Morgan fingerprint density at radius 1 is 0.680 bits per heavy atom. The van der Waals surface area contributed by atoms with Crippen LogP contribution in [0, 0.1) is 0 Å². The van der Waals surface area contributed by atoms with Crippen LogP contribution in [0.4, 0.5) is 0 Å². The molecule has 0 aliphatic carbocycles. The maximum absolute atomic E-state index is 13.6. The van der Waals surface area contributed by atoms with Gasteiger partial charge in [0.2, 0.25) is 0 Å². The molecule has 0 aromatic carbocycles. The quantitative estimate of drug-likeness (QED) is 0.429. The first kappa shape index (κ1) is 24.8. The smallest absolute Gasteiger partial charge is 0.371 e. The summed E-state index contributed by atoms with van der Waals surface area (Å²) in [5, 5.41) is -0.0881. The maximum Gasteiger partial charge on any atom is 0.371 e. The highest BCUT2D eigenvalue weighted by Crippen LogP contribution is 2.75. The van der Waals surface area contributed by atoms with Gasteiger partial charge < -0.3 is 23.0 Å². The van der Waals surface area contributed by atoms with E-state index < -0.39 is 39.6 Å². The van der Waals surface area contributed by atoms with Gasteiger partial charge in [-0.1, -0.05) is 0 Å². The van der Waals surface area contributed by atoms with Gasteiger partial charge in [0, 0.05) is 20.3 Å². The lowest BCUT2D eigenvalue weighted by Gasteiger charge is -2.31. The molecule has 9 heteroatoms. The van der Waals surface area contributed by atoms with Gasteiger partial charge in [0.25, 0.3) is 0 Å². The number of nitrogens with zero attached hydrogens (tertiary/aromatic N) is 1. The van der Waals surface area contributed by atoms with Gasteiger partial charge in [-0.25, -0.2) is 0 Å². The zero-order chi connectivity index (χ0) is 20.0. The highest BCUT2D eigenvalue weighted by atomic mass is 31.2. The highest BCUT2D eigenvalue weighted by Gasteiger charge is 2.48. The molecule has 150 valence electrons. The first-order valence-electron chi connectivity index (χ1n) is 8.55. The predicted molar refractivity (Wildman–Crippen MR) is 102 cm³/mol. The van der Waals surface area contributed by atoms with Crippen molar-refractivity contribution in [2.45, 2.75) is 79.8 Å². The molecule has 7 nitrogen and oxygen atoms in total. The molecule has 0 unspecified atom stereocenters. The third-order valence-electron chi connectivity index (χ3n) is 2.33. The highest BCUT2D eigenvalue weighted by molar-refractivity contribution is 7.78. The van der Waals surface area contributed by atoms with Crippen LogP contribution >= 0.6 is 15.2 Å². The lowest BCUT2D eigenvalue weighted by atomic mass is 10.5. The fourth-order valence-corrected chi connectivity index (χ4v) is 7.16. The van der Waals surface area contributed by atoms with E-state index in [0.717, 1.165) is 0 Å². The van der Waals surface area contributed by atoms with Gasteiger partial charge in [-0.05, 0) is 55.4 Å². The minimum Gasteiger partial charge on any atom is -0.382 e. The van der Waals surface area contributed by atoms with E-state index in [9.17, 15) is 9.13 Å². The Kier molecular flexibility index (Phi) is 10.2. The number of rotatable bonds is 11. The van der Waals surface area contributed by atoms with Crippen molar-refractivity contribution < 1.29 is 27.2 Å². The fourth-order valence-electron chi connectivity index (χ4n) is 1.90. The van der Waals surface area contributed by atoms with Crippen molar-refractivity contribution in [3.05, 3.63) is 11.3 Å². The first-order valence-corrected chi connectivity index (χ1v) is 11.6. The summed E-state index contributed by atoms with van der Waals surface area (Å²) < 4.78 is 49.7. The summed E-state index contributed by atoms with van der Waals surface area (Å²) in [5.41, 5.74) is 0. The van der Waals surface area contributed by atoms with Crippen LogP contribution < -0.4 is 0 Å². The van der Waals surface area contributed by atoms with E-state index in [2.05, 4.69) is 0 Å².